The molecule has 0 saturated heterocycles. The molecule has 0 amide bonds. The SMILES string of the molecule is Cc1cccc2c1SCc1ccccc1/C2=C/c1cccc(NS(C)(=O)=O)c1. The van der Waals surface area contributed by atoms with Gasteiger partial charge in [0.2, 0.25) is 10.0 Å². The molecule has 0 aliphatic carbocycles. The number of fused-ring (bicyclic) bond motifs is 2. The van der Waals surface area contributed by atoms with Crippen molar-refractivity contribution in [1.29, 1.82) is 0 Å². The van der Waals surface area contributed by atoms with E-state index in [-0.39, 0.29) is 0 Å². The molecule has 0 saturated carbocycles. The van der Waals surface area contributed by atoms with Gasteiger partial charge in [-0.3, -0.25) is 4.72 Å². The minimum atomic E-state index is -3.31. The average molecular weight is 408 g/mol. The molecule has 1 N–H and O–H groups in total. The number of thioether (sulfide) groups is 1. The lowest BCUT2D eigenvalue weighted by Gasteiger charge is -2.13. The maximum Gasteiger partial charge on any atom is 0.229 e. The minimum absolute atomic E-state index is 0.567. The van der Waals surface area contributed by atoms with Crippen molar-refractivity contribution in [2.75, 3.05) is 11.0 Å². The summed E-state index contributed by atoms with van der Waals surface area (Å²) in [6.45, 7) is 2.15. The second-order valence-electron chi connectivity index (χ2n) is 6.96. The summed E-state index contributed by atoms with van der Waals surface area (Å²) in [4.78, 5) is 1.30. The molecule has 0 bridgehead atoms. The van der Waals surface area contributed by atoms with Crippen LogP contribution in [0.25, 0.3) is 11.6 Å². The maximum atomic E-state index is 11.6. The number of nitrogens with one attached hydrogen (secondary N) is 1. The highest BCUT2D eigenvalue weighted by Gasteiger charge is 2.19. The summed E-state index contributed by atoms with van der Waals surface area (Å²) in [7, 11) is -3.31. The molecule has 3 aromatic carbocycles. The highest BCUT2D eigenvalue weighted by Crippen LogP contribution is 2.42. The zero-order valence-electron chi connectivity index (χ0n) is 15.8. The van der Waals surface area contributed by atoms with Crippen molar-refractivity contribution in [3.63, 3.8) is 0 Å². The van der Waals surface area contributed by atoms with Crippen molar-refractivity contribution in [1.82, 2.24) is 0 Å². The van der Waals surface area contributed by atoms with E-state index in [1.54, 1.807) is 6.07 Å². The molecule has 3 nitrogen and oxygen atoms in total. The van der Waals surface area contributed by atoms with Gasteiger partial charge in [0.25, 0.3) is 0 Å². The van der Waals surface area contributed by atoms with E-state index >= 15 is 0 Å². The summed E-state index contributed by atoms with van der Waals surface area (Å²) in [5, 5.41) is 0. The summed E-state index contributed by atoms with van der Waals surface area (Å²) >= 11 is 1.87. The molecule has 0 aromatic heterocycles. The van der Waals surface area contributed by atoms with Crippen molar-refractivity contribution < 1.29 is 8.42 Å². The Morgan fingerprint density at radius 2 is 1.71 bits per heavy atom. The van der Waals surface area contributed by atoms with Crippen LogP contribution >= 0.6 is 11.8 Å². The third kappa shape index (κ3) is 4.01. The Hall–Kier alpha value is -2.50. The molecule has 28 heavy (non-hydrogen) atoms. The first-order valence-corrected chi connectivity index (χ1v) is 11.9. The van der Waals surface area contributed by atoms with Crippen LogP contribution in [0.1, 0.15) is 27.8 Å². The first-order chi connectivity index (χ1) is 13.4. The number of benzene rings is 3. The summed E-state index contributed by atoms with van der Waals surface area (Å²) < 4.78 is 25.7. The molecular weight excluding hydrogens is 386 g/mol. The zero-order valence-corrected chi connectivity index (χ0v) is 17.4. The van der Waals surface area contributed by atoms with Gasteiger partial charge < -0.3 is 0 Å². The van der Waals surface area contributed by atoms with E-state index in [1.807, 2.05) is 30.0 Å². The predicted molar refractivity (Wildman–Crippen MR) is 119 cm³/mol. The van der Waals surface area contributed by atoms with Gasteiger partial charge in [0, 0.05) is 16.3 Å². The predicted octanol–water partition coefficient (Wildman–Crippen LogP) is 5.56. The monoisotopic (exact) mass is 407 g/mol. The fourth-order valence-electron chi connectivity index (χ4n) is 3.49. The number of hydrogen-bond acceptors (Lipinski definition) is 3. The van der Waals surface area contributed by atoms with Crippen LogP contribution in [0, 0.1) is 6.92 Å². The van der Waals surface area contributed by atoms with Gasteiger partial charge in [0.15, 0.2) is 0 Å². The zero-order chi connectivity index (χ0) is 19.7. The van der Waals surface area contributed by atoms with E-state index in [4.69, 9.17) is 0 Å². The fraction of sp³-hybridized carbons (Fsp3) is 0.130. The Labute approximate surface area is 170 Å². The maximum absolute atomic E-state index is 11.6. The van der Waals surface area contributed by atoms with Crippen molar-refractivity contribution >= 4 is 39.1 Å². The Balaban J connectivity index is 1.89. The molecule has 1 heterocycles. The molecule has 0 fully saturated rings. The van der Waals surface area contributed by atoms with Crippen molar-refractivity contribution in [2.45, 2.75) is 17.6 Å². The van der Waals surface area contributed by atoms with Gasteiger partial charge in [-0.1, -0.05) is 54.6 Å². The van der Waals surface area contributed by atoms with Gasteiger partial charge in [-0.25, -0.2) is 8.42 Å². The Bertz CT molecular complexity index is 1180. The highest BCUT2D eigenvalue weighted by atomic mass is 32.2. The van der Waals surface area contributed by atoms with Crippen LogP contribution in [-0.4, -0.2) is 14.7 Å². The Kier molecular flexibility index (Phi) is 5.04. The summed E-state index contributed by atoms with van der Waals surface area (Å²) in [6.07, 6.45) is 3.31. The molecule has 0 radical (unpaired) electrons. The van der Waals surface area contributed by atoms with Gasteiger partial charge in [-0.05, 0) is 58.5 Å². The van der Waals surface area contributed by atoms with Crippen LogP contribution in [-0.2, 0) is 15.8 Å². The molecular formula is C23H21NO2S2. The molecule has 5 heteroatoms. The van der Waals surface area contributed by atoms with Crippen molar-refractivity contribution in [2.24, 2.45) is 0 Å². The molecule has 1 aliphatic heterocycles. The lowest BCUT2D eigenvalue weighted by Crippen LogP contribution is -2.09. The minimum Gasteiger partial charge on any atom is -0.284 e. The lowest BCUT2D eigenvalue weighted by molar-refractivity contribution is 0.607. The Morgan fingerprint density at radius 3 is 2.54 bits per heavy atom. The molecule has 0 unspecified atom stereocenters. The standard InChI is InChI=1S/C23H21NO2S2/c1-16-7-5-12-21-22(20-11-4-3-9-18(20)15-27-23(16)21)14-17-8-6-10-19(13-17)24-28(2,25)26/h3-14,24H,15H2,1-2H3/b22-14-. The van der Waals surface area contributed by atoms with Gasteiger partial charge in [0.1, 0.15) is 0 Å². The van der Waals surface area contributed by atoms with Gasteiger partial charge in [-0.2, -0.15) is 0 Å². The van der Waals surface area contributed by atoms with Crippen LogP contribution in [0.2, 0.25) is 0 Å². The van der Waals surface area contributed by atoms with E-state index in [1.165, 1.54) is 27.1 Å². The smallest absolute Gasteiger partial charge is 0.229 e. The van der Waals surface area contributed by atoms with Crippen LogP contribution in [0.15, 0.2) is 71.6 Å². The van der Waals surface area contributed by atoms with E-state index in [2.05, 4.69) is 60.2 Å². The van der Waals surface area contributed by atoms with E-state index < -0.39 is 10.0 Å². The Morgan fingerprint density at radius 1 is 0.964 bits per heavy atom. The van der Waals surface area contributed by atoms with Gasteiger partial charge in [-0.15, -0.1) is 11.8 Å². The van der Waals surface area contributed by atoms with E-state index in [0.717, 1.165) is 23.1 Å². The molecule has 1 aliphatic rings. The summed E-state index contributed by atoms with van der Waals surface area (Å²) in [5.74, 6) is 0.932. The molecule has 0 atom stereocenters. The normalized spacial score (nSPS) is 14.9. The summed E-state index contributed by atoms with van der Waals surface area (Å²) in [6, 6.07) is 22.4. The number of rotatable bonds is 3. The highest BCUT2D eigenvalue weighted by molar-refractivity contribution is 7.98. The average Bonchev–Trinajstić information content (AvgIpc) is 2.79. The van der Waals surface area contributed by atoms with Crippen molar-refractivity contribution in [3.8, 4) is 0 Å². The molecule has 4 rings (SSSR count). The first-order valence-electron chi connectivity index (χ1n) is 9.01. The lowest BCUT2D eigenvalue weighted by atomic mass is 9.92. The van der Waals surface area contributed by atoms with E-state index in [9.17, 15) is 8.42 Å². The van der Waals surface area contributed by atoms with Crippen LogP contribution in [0.4, 0.5) is 5.69 Å². The molecule has 142 valence electrons. The number of anilines is 1. The largest absolute Gasteiger partial charge is 0.284 e. The second kappa shape index (κ2) is 7.49. The van der Waals surface area contributed by atoms with Crippen LogP contribution < -0.4 is 4.72 Å². The van der Waals surface area contributed by atoms with Crippen LogP contribution in [0.3, 0.4) is 0 Å². The second-order valence-corrected chi connectivity index (χ2v) is 9.69. The quantitative estimate of drug-likeness (QED) is 0.618. The first kappa shape index (κ1) is 18.8. The number of hydrogen-bond donors (Lipinski definition) is 1. The third-order valence-corrected chi connectivity index (χ3v) is 6.57. The summed E-state index contributed by atoms with van der Waals surface area (Å²) in [5.41, 5.74) is 7.71. The number of sulfonamides is 1. The topological polar surface area (TPSA) is 46.2 Å². The number of aryl methyl sites for hydroxylation is 1. The van der Waals surface area contributed by atoms with Gasteiger partial charge in [0.05, 0.1) is 6.26 Å². The van der Waals surface area contributed by atoms with E-state index in [0.29, 0.717) is 5.69 Å². The van der Waals surface area contributed by atoms with Crippen molar-refractivity contribution in [3.05, 3.63) is 94.5 Å². The van der Waals surface area contributed by atoms with Gasteiger partial charge >= 0.3 is 0 Å². The molecule has 0 spiro atoms. The fourth-order valence-corrected chi connectivity index (χ4v) is 5.22. The van der Waals surface area contributed by atoms with Crippen LogP contribution in [0.5, 0.6) is 0 Å². The molecule has 3 aromatic rings. The third-order valence-electron chi connectivity index (χ3n) is 4.68.